The summed E-state index contributed by atoms with van der Waals surface area (Å²) < 4.78 is 2.36. The summed E-state index contributed by atoms with van der Waals surface area (Å²) in [5.41, 5.74) is 13.4. The molecule has 0 saturated carbocycles. The molecule has 3 heteroatoms. The number of fused-ring (bicyclic) bond motifs is 3. The van der Waals surface area contributed by atoms with E-state index < -0.39 is 0 Å². The average Bonchev–Trinajstić information content (AvgIpc) is 3.48. The second-order valence-corrected chi connectivity index (χ2v) is 11.7. The third-order valence-electron chi connectivity index (χ3n) is 8.85. The van der Waals surface area contributed by atoms with Gasteiger partial charge in [0.2, 0.25) is 0 Å². The highest BCUT2D eigenvalue weighted by atomic mass is 15.0. The molecule has 8 aromatic rings. The van der Waals surface area contributed by atoms with Gasteiger partial charge in [-0.2, -0.15) is 10.5 Å². The first-order valence-electron chi connectivity index (χ1n) is 15.5. The van der Waals surface area contributed by atoms with Gasteiger partial charge in [-0.1, -0.05) is 97.1 Å². The maximum Gasteiger partial charge on any atom is 0.0991 e. The maximum atomic E-state index is 9.41. The van der Waals surface area contributed by atoms with Crippen LogP contribution in [0, 0.1) is 22.7 Å². The van der Waals surface area contributed by atoms with Crippen molar-refractivity contribution in [3.8, 4) is 62.3 Å². The van der Waals surface area contributed by atoms with Gasteiger partial charge in [-0.25, -0.2) is 0 Å². The van der Waals surface area contributed by atoms with Crippen molar-refractivity contribution in [1.29, 1.82) is 10.5 Å². The molecule has 8 rings (SSSR count). The smallest absolute Gasteiger partial charge is 0.0991 e. The predicted octanol–water partition coefficient (Wildman–Crippen LogP) is 11.2. The topological polar surface area (TPSA) is 52.5 Å². The monoisotopic (exact) mass is 597 g/mol. The van der Waals surface area contributed by atoms with Gasteiger partial charge in [-0.3, -0.25) is 0 Å². The largest absolute Gasteiger partial charge is 0.309 e. The molecule has 0 aliphatic rings. The van der Waals surface area contributed by atoms with Gasteiger partial charge in [0.05, 0.1) is 34.3 Å². The molecule has 1 heterocycles. The van der Waals surface area contributed by atoms with E-state index in [1.165, 1.54) is 33.0 Å². The molecule has 0 spiro atoms. The number of aromatic nitrogens is 1. The second kappa shape index (κ2) is 11.7. The fourth-order valence-corrected chi connectivity index (χ4v) is 6.47. The molecule has 3 nitrogen and oxygen atoms in total. The molecule has 0 aliphatic heterocycles. The molecule has 0 amide bonds. The SMILES string of the molecule is N#Cc1ccc(-c2cc(-c3ccc(C#N)cc3)cc(-n3c4ccc(-c5ccccc5)cc4c4cc(-c5ccccc5)ccc43)c2)cc1. The van der Waals surface area contributed by atoms with Crippen molar-refractivity contribution in [3.63, 3.8) is 0 Å². The number of benzene rings is 7. The Balaban J connectivity index is 1.40. The number of hydrogen-bond donors (Lipinski definition) is 0. The summed E-state index contributed by atoms with van der Waals surface area (Å²) in [4.78, 5) is 0. The molecule has 0 saturated heterocycles. The molecular weight excluding hydrogens is 571 g/mol. The van der Waals surface area contributed by atoms with Gasteiger partial charge in [0.25, 0.3) is 0 Å². The number of nitrogens with zero attached hydrogens (tertiary/aromatic N) is 3. The fraction of sp³-hybridized carbons (Fsp3) is 0. The minimum absolute atomic E-state index is 0.628. The quantitative estimate of drug-likeness (QED) is 0.198. The van der Waals surface area contributed by atoms with Crippen molar-refractivity contribution in [1.82, 2.24) is 4.57 Å². The van der Waals surface area contributed by atoms with Crippen LogP contribution in [0.5, 0.6) is 0 Å². The Bertz CT molecular complexity index is 2320. The highest BCUT2D eigenvalue weighted by Crippen LogP contribution is 2.39. The van der Waals surface area contributed by atoms with E-state index in [2.05, 4.69) is 120 Å². The average molecular weight is 598 g/mol. The Kier molecular flexibility index (Phi) is 6.92. The van der Waals surface area contributed by atoms with Crippen LogP contribution < -0.4 is 0 Å². The normalized spacial score (nSPS) is 10.9. The van der Waals surface area contributed by atoms with Crippen molar-refractivity contribution in [2.45, 2.75) is 0 Å². The van der Waals surface area contributed by atoms with Crippen LogP contribution in [0.4, 0.5) is 0 Å². The lowest BCUT2D eigenvalue weighted by atomic mass is 9.96. The van der Waals surface area contributed by atoms with E-state index >= 15 is 0 Å². The van der Waals surface area contributed by atoms with Crippen molar-refractivity contribution in [3.05, 3.63) is 175 Å². The summed E-state index contributed by atoms with van der Waals surface area (Å²) in [5.74, 6) is 0. The Morgan fingerprint density at radius 2 is 0.723 bits per heavy atom. The molecular formula is C44H27N3. The molecule has 0 N–H and O–H groups in total. The first-order valence-corrected chi connectivity index (χ1v) is 15.5. The number of rotatable bonds is 5. The minimum atomic E-state index is 0.628. The van der Waals surface area contributed by atoms with Gasteiger partial charge in [0.1, 0.15) is 0 Å². The van der Waals surface area contributed by atoms with E-state index in [4.69, 9.17) is 0 Å². The van der Waals surface area contributed by atoms with Crippen molar-refractivity contribution < 1.29 is 0 Å². The zero-order valence-electron chi connectivity index (χ0n) is 25.4. The summed E-state index contributed by atoms with van der Waals surface area (Å²) in [6.07, 6.45) is 0. The maximum absolute atomic E-state index is 9.41. The van der Waals surface area contributed by atoms with Crippen molar-refractivity contribution >= 4 is 21.8 Å². The van der Waals surface area contributed by atoms with Crippen molar-refractivity contribution in [2.75, 3.05) is 0 Å². The Hall–Kier alpha value is -6.68. The van der Waals surface area contributed by atoms with E-state index in [9.17, 15) is 10.5 Å². The van der Waals surface area contributed by atoms with Crippen LogP contribution in [0.1, 0.15) is 11.1 Å². The molecule has 0 bridgehead atoms. The van der Waals surface area contributed by atoms with Gasteiger partial charge >= 0.3 is 0 Å². The number of nitriles is 2. The molecule has 0 atom stereocenters. The standard InChI is InChI=1S/C44H27N3/c45-28-30-11-15-34(16-12-30)38-23-39(35-17-13-31(29-46)14-18-35)25-40(24-38)47-43-21-19-36(32-7-3-1-4-8-32)26-41(43)42-27-37(20-22-44(42)47)33-9-5-2-6-10-33/h1-27H. The highest BCUT2D eigenvalue weighted by molar-refractivity contribution is 6.11. The van der Waals surface area contributed by atoms with E-state index in [0.717, 1.165) is 39.0 Å². The van der Waals surface area contributed by atoms with Gasteiger partial charge in [-0.15, -0.1) is 0 Å². The van der Waals surface area contributed by atoms with Gasteiger partial charge in [0, 0.05) is 16.5 Å². The van der Waals surface area contributed by atoms with Crippen LogP contribution in [0.25, 0.3) is 72.0 Å². The van der Waals surface area contributed by atoms with Gasteiger partial charge in [-0.05, 0) is 111 Å². The first kappa shape index (κ1) is 27.8. The Morgan fingerprint density at radius 3 is 1.13 bits per heavy atom. The Morgan fingerprint density at radius 1 is 0.340 bits per heavy atom. The van der Waals surface area contributed by atoms with Crippen LogP contribution in [-0.2, 0) is 0 Å². The van der Waals surface area contributed by atoms with E-state index in [1.807, 2.05) is 60.7 Å². The van der Waals surface area contributed by atoms with E-state index in [0.29, 0.717) is 11.1 Å². The van der Waals surface area contributed by atoms with Gasteiger partial charge in [0.15, 0.2) is 0 Å². The zero-order chi connectivity index (χ0) is 31.7. The highest BCUT2D eigenvalue weighted by Gasteiger charge is 2.17. The summed E-state index contributed by atoms with van der Waals surface area (Å²) >= 11 is 0. The fourth-order valence-electron chi connectivity index (χ4n) is 6.47. The lowest BCUT2D eigenvalue weighted by molar-refractivity contribution is 1.18. The first-order chi connectivity index (χ1) is 23.2. The molecule has 7 aromatic carbocycles. The lowest BCUT2D eigenvalue weighted by Gasteiger charge is -2.14. The Labute approximate surface area is 273 Å². The van der Waals surface area contributed by atoms with Crippen LogP contribution in [-0.4, -0.2) is 4.57 Å². The summed E-state index contributed by atoms with van der Waals surface area (Å²) in [6.45, 7) is 0. The molecule has 0 radical (unpaired) electrons. The summed E-state index contributed by atoms with van der Waals surface area (Å²) in [5, 5.41) is 21.2. The van der Waals surface area contributed by atoms with E-state index in [-0.39, 0.29) is 0 Å². The second-order valence-electron chi connectivity index (χ2n) is 11.7. The lowest BCUT2D eigenvalue weighted by Crippen LogP contribution is -1.96. The third-order valence-corrected chi connectivity index (χ3v) is 8.85. The predicted molar refractivity (Wildman–Crippen MR) is 192 cm³/mol. The summed E-state index contributed by atoms with van der Waals surface area (Å²) in [7, 11) is 0. The zero-order valence-corrected chi connectivity index (χ0v) is 25.4. The molecule has 0 fully saturated rings. The van der Waals surface area contributed by atoms with Crippen LogP contribution >= 0.6 is 0 Å². The molecule has 0 aliphatic carbocycles. The van der Waals surface area contributed by atoms with E-state index in [1.54, 1.807) is 0 Å². The third kappa shape index (κ3) is 5.13. The number of hydrogen-bond acceptors (Lipinski definition) is 2. The molecule has 218 valence electrons. The van der Waals surface area contributed by atoms with Crippen LogP contribution in [0.3, 0.4) is 0 Å². The van der Waals surface area contributed by atoms with Crippen LogP contribution in [0.2, 0.25) is 0 Å². The van der Waals surface area contributed by atoms with Gasteiger partial charge < -0.3 is 4.57 Å². The van der Waals surface area contributed by atoms with Crippen LogP contribution in [0.15, 0.2) is 164 Å². The molecule has 1 aromatic heterocycles. The molecule has 0 unspecified atom stereocenters. The van der Waals surface area contributed by atoms with Crippen molar-refractivity contribution in [2.24, 2.45) is 0 Å². The molecule has 47 heavy (non-hydrogen) atoms. The summed E-state index contributed by atoms with van der Waals surface area (Å²) in [6, 6.07) is 61.1. The minimum Gasteiger partial charge on any atom is -0.309 e.